The second-order valence-electron chi connectivity index (χ2n) is 5.45. The zero-order valence-corrected chi connectivity index (χ0v) is 10.7. The van der Waals surface area contributed by atoms with Gasteiger partial charge in [-0.2, -0.15) is 0 Å². The maximum atomic E-state index is 12.1. The number of anilines is 2. The summed E-state index contributed by atoms with van der Waals surface area (Å²) in [7, 11) is 1.89. The van der Waals surface area contributed by atoms with Crippen molar-refractivity contribution in [3.05, 3.63) is 23.8 Å². The number of nitrogens with two attached hydrogens (primary N) is 1. The van der Waals surface area contributed by atoms with E-state index < -0.39 is 0 Å². The molecule has 96 valence electrons. The molecule has 1 saturated carbocycles. The quantitative estimate of drug-likeness (QED) is 0.842. The Hall–Kier alpha value is -1.55. The highest BCUT2D eigenvalue weighted by Crippen LogP contribution is 2.47. The highest BCUT2D eigenvalue weighted by Gasteiger charge is 2.45. The van der Waals surface area contributed by atoms with Crippen LogP contribution in [0.3, 0.4) is 0 Å². The standard InChI is InChI=1S/C14H19N3O/c1-16-11-2-3-12-10(6-11)7-13(18)17(12)9-14(8-15)4-5-14/h2-3,6,16H,4-5,7-9,15H2,1H3. The summed E-state index contributed by atoms with van der Waals surface area (Å²) in [5, 5.41) is 3.11. The van der Waals surface area contributed by atoms with Crippen molar-refractivity contribution in [2.24, 2.45) is 11.1 Å². The van der Waals surface area contributed by atoms with Gasteiger partial charge in [-0.25, -0.2) is 0 Å². The van der Waals surface area contributed by atoms with Crippen LogP contribution >= 0.6 is 0 Å². The lowest BCUT2D eigenvalue weighted by atomic mass is 10.1. The monoisotopic (exact) mass is 245 g/mol. The molecule has 18 heavy (non-hydrogen) atoms. The largest absolute Gasteiger partial charge is 0.388 e. The fraction of sp³-hybridized carbons (Fsp3) is 0.500. The topological polar surface area (TPSA) is 58.4 Å². The molecule has 1 aliphatic carbocycles. The van der Waals surface area contributed by atoms with E-state index in [4.69, 9.17) is 5.73 Å². The molecule has 0 saturated heterocycles. The maximum absolute atomic E-state index is 12.1. The first-order chi connectivity index (χ1) is 8.67. The van der Waals surface area contributed by atoms with Crippen molar-refractivity contribution in [3.8, 4) is 0 Å². The first kappa shape index (κ1) is 11.5. The smallest absolute Gasteiger partial charge is 0.231 e. The maximum Gasteiger partial charge on any atom is 0.231 e. The summed E-state index contributed by atoms with van der Waals surface area (Å²) in [6.07, 6.45) is 2.82. The van der Waals surface area contributed by atoms with Gasteiger partial charge in [0.1, 0.15) is 0 Å². The van der Waals surface area contributed by atoms with Crippen molar-refractivity contribution in [1.82, 2.24) is 0 Å². The van der Waals surface area contributed by atoms with Gasteiger partial charge in [-0.15, -0.1) is 0 Å². The van der Waals surface area contributed by atoms with E-state index >= 15 is 0 Å². The number of fused-ring (bicyclic) bond motifs is 1. The Kier molecular flexibility index (Phi) is 2.55. The number of hydrogen-bond donors (Lipinski definition) is 2. The molecule has 1 aromatic rings. The summed E-state index contributed by atoms with van der Waals surface area (Å²) in [6, 6.07) is 6.13. The molecule has 1 aliphatic heterocycles. The Bertz CT molecular complexity index is 494. The average molecular weight is 245 g/mol. The predicted molar refractivity (Wildman–Crippen MR) is 72.8 cm³/mol. The lowest BCUT2D eigenvalue weighted by molar-refractivity contribution is -0.117. The van der Waals surface area contributed by atoms with E-state index in [1.807, 2.05) is 24.1 Å². The molecule has 3 rings (SSSR count). The van der Waals surface area contributed by atoms with E-state index in [9.17, 15) is 4.79 Å². The van der Waals surface area contributed by atoms with Gasteiger partial charge >= 0.3 is 0 Å². The van der Waals surface area contributed by atoms with E-state index in [-0.39, 0.29) is 11.3 Å². The number of rotatable bonds is 4. The van der Waals surface area contributed by atoms with Crippen LogP contribution in [0.4, 0.5) is 11.4 Å². The summed E-state index contributed by atoms with van der Waals surface area (Å²) in [5.41, 5.74) is 9.26. The van der Waals surface area contributed by atoms with Crippen molar-refractivity contribution < 1.29 is 4.79 Å². The second-order valence-corrected chi connectivity index (χ2v) is 5.45. The van der Waals surface area contributed by atoms with Gasteiger partial charge in [0.25, 0.3) is 0 Å². The summed E-state index contributed by atoms with van der Waals surface area (Å²) < 4.78 is 0. The molecule has 0 bridgehead atoms. The summed E-state index contributed by atoms with van der Waals surface area (Å²) in [4.78, 5) is 14.0. The number of carbonyl (C=O) groups excluding carboxylic acids is 1. The minimum Gasteiger partial charge on any atom is -0.388 e. The van der Waals surface area contributed by atoms with E-state index in [1.165, 1.54) is 0 Å². The van der Waals surface area contributed by atoms with Crippen LogP contribution in [0, 0.1) is 5.41 Å². The van der Waals surface area contributed by atoms with Crippen LogP contribution in [0.15, 0.2) is 18.2 Å². The van der Waals surface area contributed by atoms with Gasteiger partial charge in [-0.05, 0) is 43.1 Å². The Morgan fingerprint density at radius 3 is 2.83 bits per heavy atom. The van der Waals surface area contributed by atoms with Crippen molar-refractivity contribution in [3.63, 3.8) is 0 Å². The Morgan fingerprint density at radius 1 is 1.44 bits per heavy atom. The van der Waals surface area contributed by atoms with Gasteiger partial charge in [0, 0.05) is 30.4 Å². The van der Waals surface area contributed by atoms with Crippen LogP contribution in [0.1, 0.15) is 18.4 Å². The number of nitrogens with one attached hydrogen (secondary N) is 1. The molecule has 0 radical (unpaired) electrons. The van der Waals surface area contributed by atoms with Gasteiger partial charge in [0.05, 0.1) is 6.42 Å². The highest BCUT2D eigenvalue weighted by atomic mass is 16.2. The molecule has 0 spiro atoms. The van der Waals surface area contributed by atoms with E-state index in [0.29, 0.717) is 13.0 Å². The van der Waals surface area contributed by atoms with Crippen molar-refractivity contribution >= 4 is 17.3 Å². The van der Waals surface area contributed by atoms with E-state index in [2.05, 4.69) is 11.4 Å². The molecule has 4 heteroatoms. The third kappa shape index (κ3) is 1.77. The Labute approximate surface area is 107 Å². The van der Waals surface area contributed by atoms with Gasteiger partial charge in [0.2, 0.25) is 5.91 Å². The molecule has 0 atom stereocenters. The van der Waals surface area contributed by atoms with Gasteiger partial charge < -0.3 is 16.0 Å². The molecule has 2 aliphatic rings. The van der Waals surface area contributed by atoms with Gasteiger partial charge in [-0.3, -0.25) is 4.79 Å². The molecule has 1 fully saturated rings. The molecule has 1 aromatic carbocycles. The summed E-state index contributed by atoms with van der Waals surface area (Å²) >= 11 is 0. The average Bonchev–Trinajstić information content (AvgIpc) is 3.10. The van der Waals surface area contributed by atoms with Gasteiger partial charge in [-0.1, -0.05) is 0 Å². The van der Waals surface area contributed by atoms with Crippen molar-refractivity contribution in [2.75, 3.05) is 30.4 Å². The van der Waals surface area contributed by atoms with Gasteiger partial charge in [0.15, 0.2) is 0 Å². The third-order valence-corrected chi connectivity index (χ3v) is 4.19. The first-order valence-corrected chi connectivity index (χ1v) is 6.49. The fourth-order valence-corrected chi connectivity index (χ4v) is 2.65. The number of nitrogens with zero attached hydrogens (tertiary/aromatic N) is 1. The zero-order chi connectivity index (χ0) is 12.8. The fourth-order valence-electron chi connectivity index (χ4n) is 2.65. The molecular formula is C14H19N3O. The van der Waals surface area contributed by atoms with E-state index in [1.54, 1.807) is 0 Å². The predicted octanol–water partition coefficient (Wildman–Crippen LogP) is 1.36. The Morgan fingerprint density at radius 2 is 2.22 bits per heavy atom. The molecule has 4 nitrogen and oxygen atoms in total. The van der Waals surface area contributed by atoms with Crippen molar-refractivity contribution in [2.45, 2.75) is 19.3 Å². The van der Waals surface area contributed by atoms with Crippen LogP contribution in [-0.2, 0) is 11.2 Å². The summed E-state index contributed by atoms with van der Waals surface area (Å²) in [6.45, 7) is 1.47. The Balaban J connectivity index is 1.87. The molecule has 1 heterocycles. The lowest BCUT2D eigenvalue weighted by Gasteiger charge is -2.23. The SMILES string of the molecule is CNc1ccc2c(c1)CC(=O)N2CC1(CN)CC1. The van der Waals surface area contributed by atoms with Crippen LogP contribution in [0.2, 0.25) is 0 Å². The van der Waals surface area contributed by atoms with Crippen LogP contribution in [0.5, 0.6) is 0 Å². The molecule has 0 unspecified atom stereocenters. The molecular weight excluding hydrogens is 226 g/mol. The minimum atomic E-state index is 0.193. The third-order valence-electron chi connectivity index (χ3n) is 4.19. The second kappa shape index (κ2) is 3.99. The number of hydrogen-bond acceptors (Lipinski definition) is 3. The van der Waals surface area contributed by atoms with Crippen LogP contribution in [0.25, 0.3) is 0 Å². The zero-order valence-electron chi connectivity index (χ0n) is 10.7. The first-order valence-electron chi connectivity index (χ1n) is 6.49. The minimum absolute atomic E-state index is 0.193. The van der Waals surface area contributed by atoms with Crippen molar-refractivity contribution in [1.29, 1.82) is 0 Å². The van der Waals surface area contributed by atoms with Crippen LogP contribution < -0.4 is 16.0 Å². The molecule has 1 amide bonds. The summed E-state index contributed by atoms with van der Waals surface area (Å²) in [5.74, 6) is 0.206. The normalized spacial score (nSPS) is 19.9. The lowest BCUT2D eigenvalue weighted by Crippen LogP contribution is -2.36. The highest BCUT2D eigenvalue weighted by molar-refractivity contribution is 6.01. The number of benzene rings is 1. The molecule has 3 N–H and O–H groups in total. The number of amides is 1. The van der Waals surface area contributed by atoms with Crippen LogP contribution in [-0.4, -0.2) is 26.0 Å². The number of carbonyl (C=O) groups is 1. The van der Waals surface area contributed by atoms with E-state index in [0.717, 1.165) is 36.3 Å². The molecule has 0 aromatic heterocycles.